The smallest absolute Gasteiger partial charge is 0.224 e. The third kappa shape index (κ3) is 5.79. The molecule has 3 rings (SSSR count). The molecule has 26 heavy (non-hydrogen) atoms. The highest BCUT2D eigenvalue weighted by atomic mass is 16.5. The minimum Gasteiger partial charge on any atom is -0.497 e. The van der Waals surface area contributed by atoms with Crippen LogP contribution in [-0.2, 0) is 0 Å². The van der Waals surface area contributed by atoms with E-state index in [2.05, 4.69) is 20.6 Å². The molecule has 0 radical (unpaired) electrons. The second kappa shape index (κ2) is 9.85. The van der Waals surface area contributed by atoms with E-state index < -0.39 is 0 Å². The van der Waals surface area contributed by atoms with E-state index in [1.54, 1.807) is 13.3 Å². The van der Waals surface area contributed by atoms with Gasteiger partial charge in [-0.25, -0.2) is 4.98 Å². The van der Waals surface area contributed by atoms with Gasteiger partial charge in [0.1, 0.15) is 23.9 Å². The maximum absolute atomic E-state index is 5.70. The normalized spacial score (nSPS) is 15.1. The van der Waals surface area contributed by atoms with E-state index in [4.69, 9.17) is 9.47 Å². The summed E-state index contributed by atoms with van der Waals surface area (Å²) in [5.41, 5.74) is 0. The van der Waals surface area contributed by atoms with Crippen LogP contribution in [0.25, 0.3) is 0 Å². The van der Waals surface area contributed by atoms with Crippen molar-refractivity contribution in [2.24, 2.45) is 0 Å². The molecule has 1 saturated carbocycles. The number of hydrogen-bond donors (Lipinski definition) is 2. The van der Waals surface area contributed by atoms with Gasteiger partial charge in [-0.05, 0) is 43.2 Å². The SMILES string of the molecule is COc1ccc(OCCNc2nccc(NC3CCCCCC3)n2)cc1. The molecule has 1 heterocycles. The number of benzene rings is 1. The fourth-order valence-electron chi connectivity index (χ4n) is 3.16. The maximum Gasteiger partial charge on any atom is 0.224 e. The Morgan fingerprint density at radius 1 is 1.00 bits per heavy atom. The lowest BCUT2D eigenvalue weighted by Gasteiger charge is -2.17. The van der Waals surface area contributed by atoms with Crippen LogP contribution in [0, 0.1) is 0 Å². The van der Waals surface area contributed by atoms with Crippen LogP contribution >= 0.6 is 0 Å². The average molecular weight is 356 g/mol. The summed E-state index contributed by atoms with van der Waals surface area (Å²) in [7, 11) is 1.65. The van der Waals surface area contributed by atoms with Gasteiger partial charge in [0.15, 0.2) is 0 Å². The number of nitrogens with zero attached hydrogens (tertiary/aromatic N) is 2. The van der Waals surface area contributed by atoms with Crippen molar-refractivity contribution in [3.05, 3.63) is 36.5 Å². The lowest BCUT2D eigenvalue weighted by atomic mass is 10.1. The molecule has 1 aromatic carbocycles. The quantitative estimate of drug-likeness (QED) is 0.548. The van der Waals surface area contributed by atoms with E-state index in [1.165, 1.54) is 38.5 Å². The van der Waals surface area contributed by atoms with E-state index in [9.17, 15) is 0 Å². The van der Waals surface area contributed by atoms with Gasteiger partial charge in [-0.15, -0.1) is 0 Å². The van der Waals surface area contributed by atoms with Gasteiger partial charge >= 0.3 is 0 Å². The standard InChI is InChI=1S/C20H28N4O2/c1-25-17-8-10-18(11-9-17)26-15-14-22-20-21-13-12-19(24-20)23-16-6-4-2-3-5-7-16/h8-13,16H,2-7,14-15H2,1H3,(H2,21,22,23,24). The van der Waals surface area contributed by atoms with Crippen LogP contribution in [-0.4, -0.2) is 36.3 Å². The molecule has 6 heteroatoms. The van der Waals surface area contributed by atoms with Crippen LogP contribution in [0.15, 0.2) is 36.5 Å². The van der Waals surface area contributed by atoms with Crippen molar-refractivity contribution in [1.82, 2.24) is 9.97 Å². The van der Waals surface area contributed by atoms with Crippen LogP contribution in [0.2, 0.25) is 0 Å². The Labute approximate surface area is 155 Å². The molecule has 2 N–H and O–H groups in total. The molecule has 0 aliphatic heterocycles. The molecule has 0 bridgehead atoms. The zero-order chi connectivity index (χ0) is 18.0. The average Bonchev–Trinajstić information content (AvgIpc) is 2.95. The molecule has 0 spiro atoms. The zero-order valence-electron chi connectivity index (χ0n) is 15.4. The second-order valence-corrected chi connectivity index (χ2v) is 6.55. The Morgan fingerprint density at radius 3 is 2.46 bits per heavy atom. The first-order valence-electron chi connectivity index (χ1n) is 9.44. The molecule has 140 valence electrons. The van der Waals surface area contributed by atoms with Crippen molar-refractivity contribution in [3.8, 4) is 11.5 Å². The van der Waals surface area contributed by atoms with E-state index in [1.807, 2.05) is 30.3 Å². The summed E-state index contributed by atoms with van der Waals surface area (Å²) in [4.78, 5) is 8.84. The third-order valence-corrected chi connectivity index (χ3v) is 4.58. The van der Waals surface area contributed by atoms with E-state index in [0.717, 1.165) is 17.3 Å². The Balaban J connectivity index is 1.42. The van der Waals surface area contributed by atoms with Gasteiger partial charge in [-0.2, -0.15) is 4.98 Å². The van der Waals surface area contributed by atoms with Gasteiger partial charge in [-0.1, -0.05) is 25.7 Å². The minimum absolute atomic E-state index is 0.527. The highest BCUT2D eigenvalue weighted by molar-refractivity contribution is 5.40. The number of hydrogen-bond acceptors (Lipinski definition) is 6. The molecule has 6 nitrogen and oxygen atoms in total. The lowest BCUT2D eigenvalue weighted by molar-refractivity contribution is 0.331. The number of anilines is 2. The van der Waals surface area contributed by atoms with Crippen molar-refractivity contribution in [1.29, 1.82) is 0 Å². The second-order valence-electron chi connectivity index (χ2n) is 6.55. The summed E-state index contributed by atoms with van der Waals surface area (Å²) >= 11 is 0. The molecule has 0 saturated heterocycles. The topological polar surface area (TPSA) is 68.3 Å². The van der Waals surface area contributed by atoms with E-state index in [-0.39, 0.29) is 0 Å². The number of methoxy groups -OCH3 is 1. The van der Waals surface area contributed by atoms with Crippen LogP contribution in [0.3, 0.4) is 0 Å². The first-order valence-corrected chi connectivity index (χ1v) is 9.44. The van der Waals surface area contributed by atoms with Crippen LogP contribution in [0.5, 0.6) is 11.5 Å². The summed E-state index contributed by atoms with van der Waals surface area (Å²) in [6, 6.07) is 10.0. The predicted octanol–water partition coefficient (Wildman–Crippen LogP) is 4.11. The van der Waals surface area contributed by atoms with Crippen molar-refractivity contribution in [2.75, 3.05) is 30.9 Å². The summed E-state index contributed by atoms with van der Waals surface area (Å²) in [5.74, 6) is 3.16. The van der Waals surface area contributed by atoms with Crippen molar-refractivity contribution in [2.45, 2.75) is 44.6 Å². The Bertz CT molecular complexity index is 655. The third-order valence-electron chi connectivity index (χ3n) is 4.58. The number of nitrogens with one attached hydrogen (secondary N) is 2. The molecule has 1 aromatic heterocycles. The Morgan fingerprint density at radius 2 is 1.73 bits per heavy atom. The maximum atomic E-state index is 5.70. The highest BCUT2D eigenvalue weighted by Crippen LogP contribution is 2.20. The molecule has 0 unspecified atom stereocenters. The summed E-state index contributed by atoms with van der Waals surface area (Å²) in [6.45, 7) is 1.18. The van der Waals surface area contributed by atoms with Gasteiger partial charge < -0.3 is 20.1 Å². The Kier molecular flexibility index (Phi) is 6.93. The number of rotatable bonds is 8. The lowest BCUT2D eigenvalue weighted by Crippen LogP contribution is -2.20. The summed E-state index contributed by atoms with van der Waals surface area (Å²) in [5, 5.41) is 6.77. The van der Waals surface area contributed by atoms with Crippen molar-refractivity contribution in [3.63, 3.8) is 0 Å². The molecule has 1 aliphatic rings. The highest BCUT2D eigenvalue weighted by Gasteiger charge is 2.12. The molecular weight excluding hydrogens is 328 g/mol. The van der Waals surface area contributed by atoms with Gasteiger partial charge in [0, 0.05) is 12.2 Å². The first kappa shape index (κ1) is 18.3. The molecule has 0 amide bonds. The molecule has 1 aliphatic carbocycles. The zero-order valence-corrected chi connectivity index (χ0v) is 15.4. The number of aromatic nitrogens is 2. The minimum atomic E-state index is 0.527. The monoisotopic (exact) mass is 356 g/mol. The number of ether oxygens (including phenoxy) is 2. The van der Waals surface area contributed by atoms with E-state index >= 15 is 0 Å². The van der Waals surface area contributed by atoms with E-state index in [0.29, 0.717) is 25.1 Å². The van der Waals surface area contributed by atoms with Gasteiger partial charge in [0.25, 0.3) is 0 Å². The van der Waals surface area contributed by atoms with Crippen LogP contribution < -0.4 is 20.1 Å². The molecule has 2 aromatic rings. The summed E-state index contributed by atoms with van der Waals surface area (Å²) < 4.78 is 10.8. The van der Waals surface area contributed by atoms with Crippen LogP contribution in [0.4, 0.5) is 11.8 Å². The van der Waals surface area contributed by atoms with Gasteiger partial charge in [0.05, 0.1) is 13.7 Å². The van der Waals surface area contributed by atoms with Gasteiger partial charge in [-0.3, -0.25) is 0 Å². The fraction of sp³-hybridized carbons (Fsp3) is 0.500. The van der Waals surface area contributed by atoms with Crippen molar-refractivity contribution < 1.29 is 9.47 Å². The largest absolute Gasteiger partial charge is 0.497 e. The van der Waals surface area contributed by atoms with Gasteiger partial charge in [0.2, 0.25) is 5.95 Å². The molecular formula is C20H28N4O2. The Hall–Kier alpha value is -2.50. The molecule has 1 fully saturated rings. The first-order chi connectivity index (χ1) is 12.8. The molecule has 0 atom stereocenters. The summed E-state index contributed by atoms with van der Waals surface area (Å²) in [6.07, 6.45) is 9.54. The fourth-order valence-corrected chi connectivity index (χ4v) is 3.16. The van der Waals surface area contributed by atoms with Crippen LogP contribution in [0.1, 0.15) is 38.5 Å². The predicted molar refractivity (Wildman–Crippen MR) is 104 cm³/mol. The van der Waals surface area contributed by atoms with Crippen molar-refractivity contribution >= 4 is 11.8 Å².